The summed E-state index contributed by atoms with van der Waals surface area (Å²) in [5.74, 6) is 1.86. The summed E-state index contributed by atoms with van der Waals surface area (Å²) in [5.41, 5.74) is 8.27. The van der Waals surface area contributed by atoms with Crippen molar-refractivity contribution in [2.45, 2.75) is 51.7 Å². The summed E-state index contributed by atoms with van der Waals surface area (Å²) in [4.78, 5) is 33.1. The Morgan fingerprint density at radius 1 is 1.00 bits per heavy atom. The van der Waals surface area contributed by atoms with Crippen LogP contribution >= 0.6 is 0 Å². The Kier molecular flexibility index (Phi) is 9.34. The Morgan fingerprint density at radius 2 is 1.68 bits per heavy atom. The minimum absolute atomic E-state index is 0.0350. The molecule has 0 saturated carbocycles. The molecule has 1 aliphatic rings. The van der Waals surface area contributed by atoms with Gasteiger partial charge in [0.05, 0.1) is 23.6 Å². The number of rotatable bonds is 9. The smallest absolute Gasteiger partial charge is 0.410 e. The molecule has 11 nitrogen and oxygen atoms in total. The molecule has 44 heavy (non-hydrogen) atoms. The van der Waals surface area contributed by atoms with E-state index < -0.39 is 11.7 Å². The van der Waals surface area contributed by atoms with Crippen LogP contribution in [0.3, 0.4) is 0 Å². The molecule has 0 spiro atoms. The van der Waals surface area contributed by atoms with Crippen LogP contribution in [0, 0.1) is 0 Å². The number of benzene rings is 2. The van der Waals surface area contributed by atoms with E-state index in [2.05, 4.69) is 4.98 Å². The highest BCUT2D eigenvalue weighted by Gasteiger charge is 2.28. The lowest BCUT2D eigenvalue weighted by molar-refractivity contribution is -0.132. The lowest BCUT2D eigenvalue weighted by Gasteiger charge is -2.33. The van der Waals surface area contributed by atoms with E-state index >= 15 is 0 Å². The summed E-state index contributed by atoms with van der Waals surface area (Å²) >= 11 is 0. The molecule has 3 heterocycles. The fraction of sp³-hybridized carbons (Fsp3) is 0.394. The second-order valence-electron chi connectivity index (χ2n) is 11.9. The van der Waals surface area contributed by atoms with Crippen molar-refractivity contribution in [2.75, 3.05) is 38.5 Å². The number of nitrogens with two attached hydrogens (primary N) is 1. The number of carbonyl (C=O) groups is 2. The second kappa shape index (κ2) is 13.3. The van der Waals surface area contributed by atoms with Crippen molar-refractivity contribution >= 4 is 28.7 Å². The number of ether oxygens (including phenoxy) is 2. The van der Waals surface area contributed by atoms with Gasteiger partial charge in [-0.3, -0.25) is 9.48 Å². The molecule has 2 amide bonds. The zero-order valence-corrected chi connectivity index (χ0v) is 25.5. The van der Waals surface area contributed by atoms with Crippen molar-refractivity contribution in [3.63, 3.8) is 0 Å². The van der Waals surface area contributed by atoms with Gasteiger partial charge in [-0.25, -0.2) is 9.78 Å². The van der Waals surface area contributed by atoms with Crippen LogP contribution in [-0.2, 0) is 9.53 Å². The molecule has 0 bridgehead atoms. The monoisotopic (exact) mass is 600 g/mol. The van der Waals surface area contributed by atoms with E-state index in [1.165, 1.54) is 4.90 Å². The lowest BCUT2D eigenvalue weighted by Crippen LogP contribution is -2.43. The number of nitrogen functional groups attached to an aromatic ring is 1. The first-order chi connectivity index (χ1) is 21.1. The normalized spacial score (nSPS) is 14.0. The molecule has 0 atom stereocenters. The van der Waals surface area contributed by atoms with E-state index in [0.29, 0.717) is 18.9 Å². The molecule has 1 aliphatic heterocycles. The number of nitrogens with zero attached hydrogens (tertiary/aromatic N) is 5. The molecule has 0 aliphatic carbocycles. The zero-order valence-electron chi connectivity index (χ0n) is 25.5. The summed E-state index contributed by atoms with van der Waals surface area (Å²) in [6.45, 7) is 6.58. The molecule has 3 N–H and O–H groups in total. The van der Waals surface area contributed by atoms with E-state index in [1.54, 1.807) is 27.0 Å². The average molecular weight is 601 g/mol. The fourth-order valence-electron chi connectivity index (χ4n) is 5.39. The van der Waals surface area contributed by atoms with E-state index in [0.717, 1.165) is 46.5 Å². The third-order valence-electron chi connectivity index (χ3n) is 7.54. The van der Waals surface area contributed by atoms with Gasteiger partial charge in [-0.1, -0.05) is 18.2 Å². The second-order valence-corrected chi connectivity index (χ2v) is 11.9. The summed E-state index contributed by atoms with van der Waals surface area (Å²) < 4.78 is 13.4. The summed E-state index contributed by atoms with van der Waals surface area (Å²) in [6.07, 6.45) is 2.76. The topological polar surface area (TPSA) is 136 Å². The first kappa shape index (κ1) is 30.8. The standard InChI is InChI=1S/C33H40N6O5/c1-33(2,3)44-32(42)38(21-22-40)20-16-28(41)37-18-14-24(15-19-37)39-27-13-17-35-31(34)29(27)30(36-39)23-9-11-26(12-10-23)43-25-7-5-4-6-8-25/h4-13,17,24,40H,14-16,18-22H2,1-3H3,(H2,34,35). The van der Waals surface area contributed by atoms with Gasteiger partial charge in [-0.15, -0.1) is 0 Å². The van der Waals surface area contributed by atoms with Gasteiger partial charge in [0.2, 0.25) is 5.91 Å². The maximum absolute atomic E-state index is 13.1. The lowest BCUT2D eigenvalue weighted by atomic mass is 10.0. The maximum Gasteiger partial charge on any atom is 0.410 e. The SMILES string of the molecule is CC(C)(C)OC(=O)N(CCO)CCC(=O)N1CCC(n2nc(-c3ccc(Oc4ccccc4)cc3)c3c(N)nccc32)CC1. The Bertz CT molecular complexity index is 1570. The van der Waals surface area contributed by atoms with Crippen LogP contribution in [0.1, 0.15) is 46.1 Å². The van der Waals surface area contributed by atoms with Gasteiger partial charge < -0.3 is 30.1 Å². The fourth-order valence-corrected chi connectivity index (χ4v) is 5.39. The maximum atomic E-state index is 13.1. The number of aromatic nitrogens is 3. The Labute approximate surface area is 257 Å². The highest BCUT2D eigenvalue weighted by atomic mass is 16.6. The third-order valence-corrected chi connectivity index (χ3v) is 7.54. The number of anilines is 1. The van der Waals surface area contributed by atoms with Gasteiger partial charge in [0.25, 0.3) is 0 Å². The number of likely N-dealkylation sites (tertiary alicyclic amines) is 1. The van der Waals surface area contributed by atoms with Crippen molar-refractivity contribution in [1.82, 2.24) is 24.6 Å². The van der Waals surface area contributed by atoms with Gasteiger partial charge in [-0.2, -0.15) is 5.10 Å². The quantitative estimate of drug-likeness (QED) is 0.266. The number of hydrogen-bond donors (Lipinski definition) is 2. The van der Waals surface area contributed by atoms with Gasteiger partial charge >= 0.3 is 6.09 Å². The van der Waals surface area contributed by atoms with Crippen molar-refractivity contribution in [3.05, 3.63) is 66.9 Å². The summed E-state index contributed by atoms with van der Waals surface area (Å²) in [6, 6.07) is 19.4. The molecule has 232 valence electrons. The molecule has 11 heteroatoms. The number of carbonyl (C=O) groups excluding carboxylic acids is 2. The number of para-hydroxylation sites is 1. The van der Waals surface area contributed by atoms with Crippen molar-refractivity contribution in [1.29, 1.82) is 0 Å². The number of piperidine rings is 1. The molecule has 1 fully saturated rings. The first-order valence-corrected chi connectivity index (χ1v) is 15.0. The van der Waals surface area contributed by atoms with Crippen LogP contribution in [0.25, 0.3) is 22.2 Å². The van der Waals surface area contributed by atoms with Crippen LogP contribution in [0.2, 0.25) is 0 Å². The molecule has 0 unspecified atom stereocenters. The average Bonchev–Trinajstić information content (AvgIpc) is 3.40. The highest BCUT2D eigenvalue weighted by Crippen LogP contribution is 2.36. The van der Waals surface area contributed by atoms with Crippen LogP contribution in [0.15, 0.2) is 66.9 Å². The zero-order chi connectivity index (χ0) is 31.3. The predicted octanol–water partition coefficient (Wildman–Crippen LogP) is 5.26. The van der Waals surface area contributed by atoms with Crippen molar-refractivity contribution in [2.24, 2.45) is 0 Å². The number of hydrogen-bond acceptors (Lipinski definition) is 8. The molecule has 5 rings (SSSR count). The summed E-state index contributed by atoms with van der Waals surface area (Å²) in [7, 11) is 0. The van der Waals surface area contributed by atoms with Crippen LogP contribution in [-0.4, -0.2) is 80.1 Å². The van der Waals surface area contributed by atoms with E-state index in [9.17, 15) is 14.7 Å². The molecular weight excluding hydrogens is 560 g/mol. The Morgan fingerprint density at radius 3 is 2.34 bits per heavy atom. The number of fused-ring (bicyclic) bond motifs is 1. The number of aliphatic hydroxyl groups is 1. The van der Waals surface area contributed by atoms with Gasteiger partial charge in [0, 0.05) is 44.4 Å². The third kappa shape index (κ3) is 7.28. The minimum Gasteiger partial charge on any atom is -0.457 e. The van der Waals surface area contributed by atoms with E-state index in [4.69, 9.17) is 20.3 Å². The van der Waals surface area contributed by atoms with Crippen LogP contribution in [0.4, 0.5) is 10.6 Å². The van der Waals surface area contributed by atoms with Crippen LogP contribution in [0.5, 0.6) is 11.5 Å². The largest absolute Gasteiger partial charge is 0.457 e. The first-order valence-electron chi connectivity index (χ1n) is 15.0. The van der Waals surface area contributed by atoms with Crippen molar-refractivity contribution < 1.29 is 24.2 Å². The van der Waals surface area contributed by atoms with Gasteiger partial charge in [-0.05, 0) is 76.1 Å². The van der Waals surface area contributed by atoms with E-state index in [1.807, 2.05) is 70.2 Å². The molecule has 0 radical (unpaired) electrons. The Hall–Kier alpha value is -4.64. The molecule has 2 aromatic heterocycles. The molecular formula is C33H40N6O5. The number of aliphatic hydroxyl groups excluding tert-OH is 1. The number of amides is 2. The molecule has 1 saturated heterocycles. The van der Waals surface area contributed by atoms with Gasteiger partial charge in [0.1, 0.15) is 28.6 Å². The molecule has 4 aromatic rings. The van der Waals surface area contributed by atoms with Crippen LogP contribution < -0.4 is 10.5 Å². The van der Waals surface area contributed by atoms with Gasteiger partial charge in [0.15, 0.2) is 0 Å². The number of pyridine rings is 1. The Balaban J connectivity index is 1.26. The minimum atomic E-state index is -0.659. The summed E-state index contributed by atoms with van der Waals surface area (Å²) in [5, 5.41) is 15.2. The molecule has 2 aromatic carbocycles. The van der Waals surface area contributed by atoms with Crippen molar-refractivity contribution in [3.8, 4) is 22.8 Å². The van der Waals surface area contributed by atoms with E-state index in [-0.39, 0.29) is 38.1 Å². The predicted molar refractivity (Wildman–Crippen MR) is 168 cm³/mol. The highest BCUT2D eigenvalue weighted by molar-refractivity contribution is 6.00.